The molecule has 0 radical (unpaired) electrons. The molecule has 0 spiro atoms. The van der Waals surface area contributed by atoms with Crippen LogP contribution in [0.5, 0.6) is 0 Å². The van der Waals surface area contributed by atoms with E-state index in [4.69, 9.17) is 0 Å². The summed E-state index contributed by atoms with van der Waals surface area (Å²) in [5, 5.41) is 5.97. The lowest BCUT2D eigenvalue weighted by atomic mass is 9.90. The third kappa shape index (κ3) is 4.86. The van der Waals surface area contributed by atoms with Gasteiger partial charge in [-0.25, -0.2) is 9.37 Å². The fourth-order valence-electron chi connectivity index (χ4n) is 3.86. The molecule has 2 unspecified atom stereocenters. The number of halogens is 1. The van der Waals surface area contributed by atoms with Gasteiger partial charge in [0.1, 0.15) is 16.5 Å². The molecular weight excluding hydrogens is 387 g/mol. The fraction of sp³-hybridized carbons (Fsp3) is 0.318. The van der Waals surface area contributed by atoms with Crippen LogP contribution in [0.4, 0.5) is 4.39 Å². The normalized spacial score (nSPS) is 18.3. The van der Waals surface area contributed by atoms with E-state index in [1.54, 1.807) is 48.0 Å². The minimum Gasteiger partial charge on any atom is -0.341 e. The summed E-state index contributed by atoms with van der Waals surface area (Å²) in [6.07, 6.45) is 5.37. The molecule has 1 fully saturated rings. The highest BCUT2D eigenvalue weighted by molar-refractivity contribution is 7.09. The number of carbonyl (C=O) groups excluding carboxylic acids is 1. The quantitative estimate of drug-likeness (QED) is 0.666. The van der Waals surface area contributed by atoms with Crippen molar-refractivity contribution in [3.8, 4) is 0 Å². The van der Waals surface area contributed by atoms with E-state index in [2.05, 4.69) is 20.2 Å². The molecule has 1 N–H and O–H groups in total. The zero-order valence-electron chi connectivity index (χ0n) is 16.0. The van der Waals surface area contributed by atoms with Crippen molar-refractivity contribution in [1.82, 2.24) is 20.2 Å². The second kappa shape index (κ2) is 9.24. The number of piperidine rings is 1. The number of hydrogen-bond donors (Lipinski definition) is 1. The molecule has 3 heterocycles. The van der Waals surface area contributed by atoms with Crippen LogP contribution in [0.25, 0.3) is 0 Å². The van der Waals surface area contributed by atoms with E-state index in [0.717, 1.165) is 30.9 Å². The van der Waals surface area contributed by atoms with E-state index in [9.17, 15) is 9.18 Å². The van der Waals surface area contributed by atoms with Gasteiger partial charge in [-0.15, -0.1) is 11.3 Å². The Hall–Kier alpha value is -2.64. The highest BCUT2D eigenvalue weighted by Gasteiger charge is 2.31. The van der Waals surface area contributed by atoms with Crippen molar-refractivity contribution in [2.45, 2.75) is 25.4 Å². The molecule has 0 bridgehead atoms. The van der Waals surface area contributed by atoms with Gasteiger partial charge >= 0.3 is 0 Å². The molecule has 1 aromatic carbocycles. The lowest BCUT2D eigenvalue weighted by Crippen LogP contribution is -2.43. The molecule has 2 aromatic heterocycles. The van der Waals surface area contributed by atoms with Gasteiger partial charge in [-0.05, 0) is 43.5 Å². The van der Waals surface area contributed by atoms with Crippen LogP contribution in [-0.4, -0.2) is 33.9 Å². The Bertz CT molecular complexity index is 935. The third-order valence-corrected chi connectivity index (χ3v) is 6.13. The number of thiazole rings is 1. The SMILES string of the molecule is O=C(NC(c1nccs1)C1CCCN(Cc2ccccc2F)C1)c1ccccn1. The highest BCUT2D eigenvalue weighted by Crippen LogP contribution is 2.32. The first-order valence-electron chi connectivity index (χ1n) is 9.78. The Balaban J connectivity index is 1.50. The zero-order chi connectivity index (χ0) is 20.1. The molecule has 5 nitrogen and oxygen atoms in total. The number of nitrogens with one attached hydrogen (secondary N) is 1. The van der Waals surface area contributed by atoms with Gasteiger partial charge in [0.25, 0.3) is 5.91 Å². The largest absolute Gasteiger partial charge is 0.341 e. The number of benzene rings is 1. The number of hydrogen-bond acceptors (Lipinski definition) is 5. The minimum atomic E-state index is -0.197. The lowest BCUT2D eigenvalue weighted by Gasteiger charge is -2.36. The van der Waals surface area contributed by atoms with Crippen LogP contribution in [0.1, 0.15) is 39.9 Å². The maximum atomic E-state index is 14.1. The van der Waals surface area contributed by atoms with Gasteiger partial charge in [0.2, 0.25) is 0 Å². The highest BCUT2D eigenvalue weighted by atomic mass is 32.1. The van der Waals surface area contributed by atoms with Crippen LogP contribution < -0.4 is 5.32 Å². The fourth-order valence-corrected chi connectivity index (χ4v) is 4.64. The number of carbonyl (C=O) groups is 1. The molecule has 0 aliphatic carbocycles. The average Bonchev–Trinajstić information content (AvgIpc) is 3.29. The Morgan fingerprint density at radius 2 is 2.07 bits per heavy atom. The topological polar surface area (TPSA) is 58.1 Å². The molecule has 1 saturated heterocycles. The Labute approximate surface area is 173 Å². The van der Waals surface area contributed by atoms with E-state index in [1.807, 2.05) is 17.5 Å². The molecular formula is C22H23FN4OS. The molecule has 150 valence electrons. The predicted molar refractivity (Wildman–Crippen MR) is 111 cm³/mol. The van der Waals surface area contributed by atoms with Crippen LogP contribution >= 0.6 is 11.3 Å². The second-order valence-electron chi connectivity index (χ2n) is 7.27. The van der Waals surface area contributed by atoms with Crippen LogP contribution in [0.3, 0.4) is 0 Å². The summed E-state index contributed by atoms with van der Waals surface area (Å²) in [6, 6.07) is 12.0. The molecule has 2 atom stereocenters. The van der Waals surface area contributed by atoms with E-state index >= 15 is 0 Å². The van der Waals surface area contributed by atoms with Crippen molar-refractivity contribution in [3.63, 3.8) is 0 Å². The number of nitrogens with zero attached hydrogens (tertiary/aromatic N) is 3. The maximum Gasteiger partial charge on any atom is 0.270 e. The molecule has 3 aromatic rings. The van der Waals surface area contributed by atoms with Crippen molar-refractivity contribution < 1.29 is 9.18 Å². The number of rotatable bonds is 6. The molecule has 1 aliphatic heterocycles. The van der Waals surface area contributed by atoms with E-state index < -0.39 is 0 Å². The Morgan fingerprint density at radius 1 is 1.21 bits per heavy atom. The Kier molecular flexibility index (Phi) is 6.27. The van der Waals surface area contributed by atoms with Crippen molar-refractivity contribution in [3.05, 3.63) is 82.3 Å². The predicted octanol–water partition coefficient (Wildman–Crippen LogP) is 4.06. The minimum absolute atomic E-state index is 0.172. The summed E-state index contributed by atoms with van der Waals surface area (Å²) in [7, 11) is 0. The standard InChI is InChI=1S/C22H23FN4OS/c23-18-8-2-1-6-16(18)14-27-12-5-7-17(15-27)20(22-25-11-13-29-22)26-21(28)19-9-3-4-10-24-19/h1-4,6,8-11,13,17,20H,5,7,12,14-15H2,(H,26,28). The third-order valence-electron chi connectivity index (χ3n) is 5.27. The zero-order valence-corrected chi connectivity index (χ0v) is 16.8. The van der Waals surface area contributed by atoms with Gasteiger partial charge < -0.3 is 5.32 Å². The molecule has 1 amide bonds. The van der Waals surface area contributed by atoms with Crippen molar-refractivity contribution in [2.24, 2.45) is 5.92 Å². The summed E-state index contributed by atoms with van der Waals surface area (Å²) in [6.45, 7) is 2.27. The summed E-state index contributed by atoms with van der Waals surface area (Å²) < 4.78 is 14.1. The average molecular weight is 411 g/mol. The Morgan fingerprint density at radius 3 is 2.83 bits per heavy atom. The van der Waals surface area contributed by atoms with E-state index in [1.165, 1.54) is 6.07 Å². The first-order chi connectivity index (χ1) is 14.2. The van der Waals surface area contributed by atoms with Gasteiger partial charge in [-0.3, -0.25) is 14.7 Å². The van der Waals surface area contributed by atoms with Crippen LogP contribution in [0, 0.1) is 11.7 Å². The number of amides is 1. The van der Waals surface area contributed by atoms with Gasteiger partial charge in [-0.1, -0.05) is 24.3 Å². The molecule has 4 rings (SSSR count). The summed E-state index contributed by atoms with van der Waals surface area (Å²) >= 11 is 1.54. The second-order valence-corrected chi connectivity index (χ2v) is 8.19. The molecule has 29 heavy (non-hydrogen) atoms. The van der Waals surface area contributed by atoms with Crippen molar-refractivity contribution >= 4 is 17.2 Å². The van der Waals surface area contributed by atoms with Gasteiger partial charge in [0.15, 0.2) is 0 Å². The first-order valence-corrected chi connectivity index (χ1v) is 10.7. The van der Waals surface area contributed by atoms with Gasteiger partial charge in [-0.2, -0.15) is 0 Å². The monoisotopic (exact) mass is 410 g/mol. The first kappa shape index (κ1) is 19.7. The number of pyridine rings is 1. The number of likely N-dealkylation sites (tertiary alicyclic amines) is 1. The molecule has 1 aliphatic rings. The molecule has 0 saturated carbocycles. The van der Waals surface area contributed by atoms with Gasteiger partial charge in [0.05, 0.1) is 6.04 Å². The smallest absolute Gasteiger partial charge is 0.270 e. The summed E-state index contributed by atoms with van der Waals surface area (Å²) in [5.74, 6) is -0.166. The summed E-state index contributed by atoms with van der Waals surface area (Å²) in [4.78, 5) is 23.6. The van der Waals surface area contributed by atoms with E-state index in [0.29, 0.717) is 17.8 Å². The number of aromatic nitrogens is 2. The lowest BCUT2D eigenvalue weighted by molar-refractivity contribution is 0.0872. The van der Waals surface area contributed by atoms with Crippen LogP contribution in [-0.2, 0) is 6.54 Å². The molecule has 7 heteroatoms. The van der Waals surface area contributed by atoms with Gasteiger partial charge in [0, 0.05) is 36.4 Å². The van der Waals surface area contributed by atoms with Crippen molar-refractivity contribution in [1.29, 1.82) is 0 Å². The van der Waals surface area contributed by atoms with Crippen LogP contribution in [0.2, 0.25) is 0 Å². The van der Waals surface area contributed by atoms with E-state index in [-0.39, 0.29) is 23.7 Å². The maximum absolute atomic E-state index is 14.1. The summed E-state index contributed by atoms with van der Waals surface area (Å²) in [5.41, 5.74) is 1.10. The van der Waals surface area contributed by atoms with Crippen LogP contribution in [0.15, 0.2) is 60.2 Å². The van der Waals surface area contributed by atoms with Crippen molar-refractivity contribution in [2.75, 3.05) is 13.1 Å².